The van der Waals surface area contributed by atoms with Gasteiger partial charge in [0.1, 0.15) is 11.4 Å². The zero-order valence-corrected chi connectivity index (χ0v) is 15.5. The predicted molar refractivity (Wildman–Crippen MR) is 95.9 cm³/mol. The smallest absolute Gasteiger partial charge is 0.325 e. The van der Waals surface area contributed by atoms with Crippen molar-refractivity contribution in [3.05, 3.63) is 51.5 Å². The van der Waals surface area contributed by atoms with E-state index in [2.05, 4.69) is 9.72 Å². The van der Waals surface area contributed by atoms with Crippen LogP contribution in [0.2, 0.25) is 0 Å². The standard InChI is InChI=1S/C18H22N2O4S/c1-13-17(18(22)20(9-10-23-2)12-16(21)24-3)25-15(19-13)11-14-7-5-4-6-8-14/h4-8H,9-12H2,1-3H3. The number of esters is 1. The molecule has 0 saturated heterocycles. The Balaban J connectivity index is 2.16. The molecule has 0 radical (unpaired) electrons. The van der Waals surface area contributed by atoms with E-state index in [0.717, 1.165) is 10.6 Å². The first-order valence-electron chi connectivity index (χ1n) is 7.90. The summed E-state index contributed by atoms with van der Waals surface area (Å²) in [4.78, 5) is 30.9. The van der Waals surface area contributed by atoms with Gasteiger partial charge in [-0.3, -0.25) is 9.59 Å². The lowest BCUT2D eigenvalue weighted by molar-refractivity contribution is -0.141. The lowest BCUT2D eigenvalue weighted by Crippen LogP contribution is -2.38. The van der Waals surface area contributed by atoms with Gasteiger partial charge in [-0.1, -0.05) is 30.3 Å². The molecular weight excluding hydrogens is 340 g/mol. The van der Waals surface area contributed by atoms with Crippen LogP contribution in [0, 0.1) is 6.92 Å². The largest absolute Gasteiger partial charge is 0.468 e. The maximum Gasteiger partial charge on any atom is 0.325 e. The first kappa shape index (κ1) is 19.1. The number of aryl methyl sites for hydroxylation is 1. The van der Waals surface area contributed by atoms with E-state index in [9.17, 15) is 9.59 Å². The summed E-state index contributed by atoms with van der Waals surface area (Å²) in [6.07, 6.45) is 0.675. The van der Waals surface area contributed by atoms with Crippen molar-refractivity contribution in [1.82, 2.24) is 9.88 Å². The van der Waals surface area contributed by atoms with E-state index in [4.69, 9.17) is 4.74 Å². The SMILES string of the molecule is COCCN(CC(=O)OC)C(=O)c1sc(Cc2ccccc2)nc1C. The Bertz CT molecular complexity index is 715. The molecule has 2 aromatic rings. The molecule has 0 aliphatic carbocycles. The highest BCUT2D eigenvalue weighted by Crippen LogP contribution is 2.22. The van der Waals surface area contributed by atoms with Crippen molar-refractivity contribution in [2.75, 3.05) is 33.9 Å². The van der Waals surface area contributed by atoms with Crippen LogP contribution in [0.15, 0.2) is 30.3 Å². The van der Waals surface area contributed by atoms with Crippen molar-refractivity contribution in [2.45, 2.75) is 13.3 Å². The Kier molecular flexibility index (Phi) is 7.09. The summed E-state index contributed by atoms with van der Waals surface area (Å²) in [7, 11) is 2.86. The van der Waals surface area contributed by atoms with E-state index >= 15 is 0 Å². The minimum absolute atomic E-state index is 0.107. The minimum atomic E-state index is -0.462. The molecule has 0 unspecified atom stereocenters. The maximum atomic E-state index is 12.8. The van der Waals surface area contributed by atoms with Gasteiger partial charge >= 0.3 is 5.97 Å². The van der Waals surface area contributed by atoms with E-state index in [0.29, 0.717) is 30.1 Å². The number of thiazole rings is 1. The summed E-state index contributed by atoms with van der Waals surface area (Å²) in [5.41, 5.74) is 1.81. The van der Waals surface area contributed by atoms with Crippen LogP contribution in [0.4, 0.5) is 0 Å². The summed E-state index contributed by atoms with van der Waals surface area (Å²) >= 11 is 1.36. The van der Waals surface area contributed by atoms with Gasteiger partial charge in [0.15, 0.2) is 0 Å². The van der Waals surface area contributed by atoms with Crippen LogP contribution < -0.4 is 0 Å². The normalized spacial score (nSPS) is 10.5. The molecule has 1 aromatic heterocycles. The molecule has 0 aliphatic heterocycles. The number of aromatic nitrogens is 1. The molecule has 6 nitrogen and oxygen atoms in total. The fourth-order valence-corrected chi connectivity index (χ4v) is 3.38. The number of amides is 1. The lowest BCUT2D eigenvalue weighted by Gasteiger charge is -2.20. The molecule has 2 rings (SSSR count). The number of carbonyl (C=O) groups excluding carboxylic acids is 2. The molecule has 134 valence electrons. The average molecular weight is 362 g/mol. The first-order valence-corrected chi connectivity index (χ1v) is 8.72. The van der Waals surface area contributed by atoms with Gasteiger partial charge in [-0.25, -0.2) is 4.98 Å². The molecular formula is C18H22N2O4S. The third-order valence-electron chi connectivity index (χ3n) is 3.63. The molecule has 1 aromatic carbocycles. The highest BCUT2D eigenvalue weighted by molar-refractivity contribution is 7.13. The monoisotopic (exact) mass is 362 g/mol. The van der Waals surface area contributed by atoms with Gasteiger partial charge < -0.3 is 14.4 Å². The summed E-state index contributed by atoms with van der Waals surface area (Å²) in [6.45, 7) is 2.36. The molecule has 7 heteroatoms. The number of ether oxygens (including phenoxy) is 2. The summed E-state index contributed by atoms with van der Waals surface area (Å²) in [5, 5.41) is 0.872. The zero-order valence-electron chi connectivity index (χ0n) is 14.7. The van der Waals surface area contributed by atoms with Crippen molar-refractivity contribution in [3.63, 3.8) is 0 Å². The van der Waals surface area contributed by atoms with Crippen molar-refractivity contribution >= 4 is 23.2 Å². The summed E-state index contributed by atoms with van der Waals surface area (Å²) in [6, 6.07) is 9.97. The number of hydrogen-bond donors (Lipinski definition) is 0. The van der Waals surface area contributed by atoms with Crippen LogP contribution in [0.5, 0.6) is 0 Å². The fraction of sp³-hybridized carbons (Fsp3) is 0.389. The average Bonchev–Trinajstić information content (AvgIpc) is 2.98. The van der Waals surface area contributed by atoms with Gasteiger partial charge in [-0.2, -0.15) is 0 Å². The molecule has 1 amide bonds. The fourth-order valence-electron chi connectivity index (χ4n) is 2.31. The van der Waals surface area contributed by atoms with Crippen LogP contribution in [-0.2, 0) is 20.7 Å². The van der Waals surface area contributed by atoms with Crippen molar-refractivity contribution in [1.29, 1.82) is 0 Å². The Labute approximate surface area is 151 Å². The molecule has 0 spiro atoms. The van der Waals surface area contributed by atoms with Gasteiger partial charge in [0.05, 0.1) is 24.4 Å². The Morgan fingerprint density at radius 3 is 2.56 bits per heavy atom. The minimum Gasteiger partial charge on any atom is -0.468 e. The predicted octanol–water partition coefficient (Wildman–Crippen LogP) is 2.30. The van der Waals surface area contributed by atoms with Crippen LogP contribution in [0.3, 0.4) is 0 Å². The maximum absolute atomic E-state index is 12.8. The lowest BCUT2D eigenvalue weighted by atomic mass is 10.2. The van der Waals surface area contributed by atoms with Gasteiger partial charge in [0, 0.05) is 20.1 Å². The second-order valence-corrected chi connectivity index (χ2v) is 6.56. The van der Waals surface area contributed by atoms with Gasteiger partial charge in [-0.05, 0) is 12.5 Å². The van der Waals surface area contributed by atoms with Gasteiger partial charge in [0.25, 0.3) is 5.91 Å². The van der Waals surface area contributed by atoms with Gasteiger partial charge in [0.2, 0.25) is 0 Å². The third-order valence-corrected chi connectivity index (χ3v) is 4.78. The first-order chi connectivity index (χ1) is 12.0. The van der Waals surface area contributed by atoms with Crippen molar-refractivity contribution < 1.29 is 19.1 Å². The molecule has 0 atom stereocenters. The zero-order chi connectivity index (χ0) is 18.2. The topological polar surface area (TPSA) is 68.7 Å². The highest BCUT2D eigenvalue weighted by atomic mass is 32.1. The number of rotatable bonds is 8. The Morgan fingerprint density at radius 1 is 1.20 bits per heavy atom. The molecule has 0 aliphatic rings. The van der Waals surface area contributed by atoms with Crippen LogP contribution in [0.25, 0.3) is 0 Å². The van der Waals surface area contributed by atoms with E-state index in [1.165, 1.54) is 23.3 Å². The molecule has 0 saturated carbocycles. The van der Waals surface area contributed by atoms with Crippen LogP contribution in [0.1, 0.15) is 25.9 Å². The van der Waals surface area contributed by atoms with E-state index in [1.807, 2.05) is 37.3 Å². The second kappa shape index (κ2) is 9.29. The van der Waals surface area contributed by atoms with Crippen molar-refractivity contribution in [3.8, 4) is 0 Å². The highest BCUT2D eigenvalue weighted by Gasteiger charge is 2.23. The summed E-state index contributed by atoms with van der Waals surface area (Å²) < 4.78 is 9.71. The molecule has 25 heavy (non-hydrogen) atoms. The van der Waals surface area contributed by atoms with Crippen molar-refractivity contribution in [2.24, 2.45) is 0 Å². The van der Waals surface area contributed by atoms with Crippen LogP contribution >= 0.6 is 11.3 Å². The second-order valence-electron chi connectivity index (χ2n) is 5.48. The number of hydrogen-bond acceptors (Lipinski definition) is 6. The van der Waals surface area contributed by atoms with Gasteiger partial charge in [-0.15, -0.1) is 11.3 Å². The summed E-state index contributed by atoms with van der Waals surface area (Å²) in [5.74, 6) is -0.687. The number of methoxy groups -OCH3 is 2. The number of nitrogens with zero attached hydrogens (tertiary/aromatic N) is 2. The van der Waals surface area contributed by atoms with E-state index < -0.39 is 5.97 Å². The molecule has 0 bridgehead atoms. The van der Waals surface area contributed by atoms with E-state index in [-0.39, 0.29) is 12.5 Å². The third kappa shape index (κ3) is 5.37. The molecule has 0 fully saturated rings. The Hall–Kier alpha value is -2.25. The van der Waals surface area contributed by atoms with E-state index in [1.54, 1.807) is 7.11 Å². The number of carbonyl (C=O) groups is 2. The number of benzene rings is 1. The molecule has 1 heterocycles. The quantitative estimate of drug-likeness (QED) is 0.674. The Morgan fingerprint density at radius 2 is 1.92 bits per heavy atom. The van der Waals surface area contributed by atoms with Crippen LogP contribution in [-0.4, -0.2) is 55.7 Å². The molecule has 0 N–H and O–H groups in total.